The first-order chi connectivity index (χ1) is 9.48. The van der Waals surface area contributed by atoms with Gasteiger partial charge in [-0.2, -0.15) is 0 Å². The van der Waals surface area contributed by atoms with E-state index >= 15 is 0 Å². The molecule has 20 heavy (non-hydrogen) atoms. The van der Waals surface area contributed by atoms with E-state index in [4.69, 9.17) is 0 Å². The Hall–Kier alpha value is -1.10. The van der Waals surface area contributed by atoms with Crippen molar-refractivity contribution >= 4 is 11.8 Å². The Kier molecular flexibility index (Phi) is 5.02. The average molecular weight is 282 g/mol. The van der Waals surface area contributed by atoms with Crippen molar-refractivity contribution in [2.75, 3.05) is 13.1 Å². The lowest BCUT2D eigenvalue weighted by molar-refractivity contribution is -0.139. The van der Waals surface area contributed by atoms with Gasteiger partial charge in [-0.3, -0.25) is 9.59 Å². The van der Waals surface area contributed by atoms with E-state index in [1.165, 1.54) is 6.92 Å². The SMILES string of the molecule is CC(=O)NC1CCCN(C(=O)CC2(O)CCCCC2)C1. The highest BCUT2D eigenvalue weighted by Gasteiger charge is 2.34. The van der Waals surface area contributed by atoms with Gasteiger partial charge in [0.1, 0.15) is 0 Å². The zero-order valence-corrected chi connectivity index (χ0v) is 12.4. The van der Waals surface area contributed by atoms with Crippen LogP contribution in [0.4, 0.5) is 0 Å². The van der Waals surface area contributed by atoms with Gasteiger partial charge in [-0.1, -0.05) is 19.3 Å². The summed E-state index contributed by atoms with van der Waals surface area (Å²) in [6, 6.07) is 0.0613. The number of carbonyl (C=O) groups excluding carboxylic acids is 2. The predicted octanol–water partition coefficient (Wildman–Crippen LogP) is 1.20. The summed E-state index contributed by atoms with van der Waals surface area (Å²) in [5.74, 6) is -0.0142. The maximum Gasteiger partial charge on any atom is 0.225 e. The molecule has 5 nitrogen and oxygen atoms in total. The van der Waals surface area contributed by atoms with Gasteiger partial charge in [0.2, 0.25) is 11.8 Å². The number of piperidine rings is 1. The van der Waals surface area contributed by atoms with Crippen molar-refractivity contribution < 1.29 is 14.7 Å². The smallest absolute Gasteiger partial charge is 0.225 e. The van der Waals surface area contributed by atoms with Crippen LogP contribution in [0.15, 0.2) is 0 Å². The Morgan fingerprint density at radius 3 is 2.60 bits per heavy atom. The summed E-state index contributed by atoms with van der Waals surface area (Å²) < 4.78 is 0. The largest absolute Gasteiger partial charge is 0.389 e. The standard InChI is InChI=1S/C15H26N2O3/c1-12(18)16-13-6-5-9-17(11-13)14(19)10-15(20)7-3-2-4-8-15/h13,20H,2-11H2,1H3,(H,16,18). The zero-order valence-electron chi connectivity index (χ0n) is 12.4. The van der Waals surface area contributed by atoms with Crippen LogP contribution < -0.4 is 5.32 Å². The van der Waals surface area contributed by atoms with Gasteiger partial charge in [0.25, 0.3) is 0 Å². The third kappa shape index (κ3) is 4.20. The van der Waals surface area contributed by atoms with E-state index in [0.29, 0.717) is 6.54 Å². The topological polar surface area (TPSA) is 69.6 Å². The second kappa shape index (κ2) is 6.57. The molecule has 1 saturated heterocycles. The van der Waals surface area contributed by atoms with E-state index in [9.17, 15) is 14.7 Å². The van der Waals surface area contributed by atoms with E-state index in [1.807, 2.05) is 0 Å². The molecule has 1 aliphatic heterocycles. The van der Waals surface area contributed by atoms with Crippen LogP contribution in [0.2, 0.25) is 0 Å². The molecule has 5 heteroatoms. The molecule has 2 amide bonds. The summed E-state index contributed by atoms with van der Waals surface area (Å²) in [6.45, 7) is 2.82. The molecule has 2 aliphatic rings. The Morgan fingerprint density at radius 1 is 1.25 bits per heavy atom. The quantitative estimate of drug-likeness (QED) is 0.817. The van der Waals surface area contributed by atoms with Gasteiger partial charge in [0, 0.05) is 26.1 Å². The number of nitrogens with zero attached hydrogens (tertiary/aromatic N) is 1. The normalized spacial score (nSPS) is 26.1. The molecule has 2 N–H and O–H groups in total. The van der Waals surface area contributed by atoms with Crippen molar-refractivity contribution in [3.63, 3.8) is 0 Å². The van der Waals surface area contributed by atoms with Crippen LogP contribution in [0.25, 0.3) is 0 Å². The molecule has 1 heterocycles. The molecule has 2 rings (SSSR count). The molecule has 0 spiro atoms. The number of likely N-dealkylation sites (tertiary alicyclic amines) is 1. The van der Waals surface area contributed by atoms with Crippen LogP contribution in [0.3, 0.4) is 0 Å². The second-order valence-corrected chi connectivity index (χ2v) is 6.34. The van der Waals surface area contributed by atoms with Crippen molar-refractivity contribution in [2.24, 2.45) is 0 Å². The fourth-order valence-corrected chi connectivity index (χ4v) is 3.39. The first-order valence-corrected chi connectivity index (χ1v) is 7.76. The fraction of sp³-hybridized carbons (Fsp3) is 0.867. The number of hydrogen-bond acceptors (Lipinski definition) is 3. The monoisotopic (exact) mass is 282 g/mol. The molecule has 1 saturated carbocycles. The molecule has 0 aromatic heterocycles. The highest BCUT2D eigenvalue weighted by atomic mass is 16.3. The maximum absolute atomic E-state index is 12.4. The Labute approximate surface area is 120 Å². The van der Waals surface area contributed by atoms with Gasteiger partial charge >= 0.3 is 0 Å². The molecule has 0 radical (unpaired) electrons. The molecule has 0 aromatic rings. The zero-order chi connectivity index (χ0) is 14.6. The molecule has 114 valence electrons. The van der Waals surface area contributed by atoms with Crippen molar-refractivity contribution in [2.45, 2.75) is 69.9 Å². The fourth-order valence-electron chi connectivity index (χ4n) is 3.39. The third-order valence-electron chi connectivity index (χ3n) is 4.45. The van der Waals surface area contributed by atoms with E-state index < -0.39 is 5.60 Å². The average Bonchev–Trinajstić information content (AvgIpc) is 2.38. The van der Waals surface area contributed by atoms with E-state index in [0.717, 1.165) is 51.5 Å². The number of nitrogens with one attached hydrogen (secondary N) is 1. The van der Waals surface area contributed by atoms with Crippen LogP contribution in [0, 0.1) is 0 Å². The molecular weight excluding hydrogens is 256 g/mol. The molecule has 2 fully saturated rings. The number of amides is 2. The summed E-state index contributed by atoms with van der Waals surface area (Å²) in [7, 11) is 0. The second-order valence-electron chi connectivity index (χ2n) is 6.34. The Balaban J connectivity index is 1.86. The van der Waals surface area contributed by atoms with E-state index in [1.54, 1.807) is 4.90 Å². The Morgan fingerprint density at radius 2 is 1.95 bits per heavy atom. The van der Waals surface area contributed by atoms with Crippen molar-refractivity contribution in [1.29, 1.82) is 0 Å². The minimum atomic E-state index is -0.795. The molecule has 1 unspecified atom stereocenters. The van der Waals surface area contributed by atoms with Crippen molar-refractivity contribution in [3.05, 3.63) is 0 Å². The first-order valence-electron chi connectivity index (χ1n) is 7.76. The van der Waals surface area contributed by atoms with Crippen LogP contribution in [-0.4, -0.2) is 46.6 Å². The summed E-state index contributed by atoms with van der Waals surface area (Å²) in [6.07, 6.45) is 6.73. The highest BCUT2D eigenvalue weighted by Crippen LogP contribution is 2.31. The maximum atomic E-state index is 12.4. The van der Waals surface area contributed by atoms with Crippen molar-refractivity contribution in [3.8, 4) is 0 Å². The van der Waals surface area contributed by atoms with Gasteiger partial charge in [-0.25, -0.2) is 0 Å². The molecule has 1 aliphatic carbocycles. The minimum absolute atomic E-state index is 0.0319. The third-order valence-corrected chi connectivity index (χ3v) is 4.45. The van der Waals surface area contributed by atoms with Gasteiger partial charge in [-0.05, 0) is 25.7 Å². The first kappa shape index (κ1) is 15.3. The summed E-state index contributed by atoms with van der Waals surface area (Å²) in [5.41, 5.74) is -0.795. The highest BCUT2D eigenvalue weighted by molar-refractivity contribution is 5.78. The van der Waals surface area contributed by atoms with Crippen LogP contribution in [0.5, 0.6) is 0 Å². The van der Waals surface area contributed by atoms with Crippen LogP contribution >= 0.6 is 0 Å². The Bertz CT molecular complexity index is 364. The molecule has 0 bridgehead atoms. The summed E-state index contributed by atoms with van der Waals surface area (Å²) in [4.78, 5) is 25.3. The van der Waals surface area contributed by atoms with Gasteiger partial charge < -0.3 is 15.3 Å². The van der Waals surface area contributed by atoms with Gasteiger partial charge in [0.15, 0.2) is 0 Å². The predicted molar refractivity (Wildman–Crippen MR) is 76.1 cm³/mol. The summed E-state index contributed by atoms with van der Waals surface area (Å²) >= 11 is 0. The molecule has 1 atom stereocenters. The molecule has 0 aromatic carbocycles. The number of hydrogen-bond donors (Lipinski definition) is 2. The van der Waals surface area contributed by atoms with Crippen LogP contribution in [-0.2, 0) is 9.59 Å². The van der Waals surface area contributed by atoms with E-state index in [-0.39, 0.29) is 24.3 Å². The van der Waals surface area contributed by atoms with Crippen molar-refractivity contribution in [1.82, 2.24) is 10.2 Å². The van der Waals surface area contributed by atoms with Gasteiger partial charge in [-0.15, -0.1) is 0 Å². The summed E-state index contributed by atoms with van der Waals surface area (Å²) in [5, 5.41) is 13.4. The lowest BCUT2D eigenvalue weighted by Crippen LogP contribution is -2.50. The lowest BCUT2D eigenvalue weighted by Gasteiger charge is -2.37. The minimum Gasteiger partial charge on any atom is -0.389 e. The van der Waals surface area contributed by atoms with Crippen LogP contribution in [0.1, 0.15) is 58.3 Å². The number of carbonyl (C=O) groups is 2. The molecular formula is C15H26N2O3. The number of aliphatic hydroxyl groups is 1. The van der Waals surface area contributed by atoms with E-state index in [2.05, 4.69) is 5.32 Å². The van der Waals surface area contributed by atoms with Gasteiger partial charge in [0.05, 0.1) is 12.0 Å². The number of rotatable bonds is 3. The lowest BCUT2D eigenvalue weighted by atomic mass is 9.82.